The molecule has 1 aliphatic rings. The maximum atomic E-state index is 4.78. The van der Waals surface area contributed by atoms with Crippen molar-refractivity contribution < 1.29 is 0 Å². The van der Waals surface area contributed by atoms with Crippen molar-refractivity contribution in [1.29, 1.82) is 0 Å². The van der Waals surface area contributed by atoms with E-state index in [0.717, 1.165) is 17.9 Å². The van der Waals surface area contributed by atoms with Gasteiger partial charge in [0.1, 0.15) is 0 Å². The van der Waals surface area contributed by atoms with Crippen molar-refractivity contribution in [1.82, 2.24) is 0 Å². The third kappa shape index (κ3) is 4.78. The second-order valence-electron chi connectivity index (χ2n) is 5.25. The van der Waals surface area contributed by atoms with Gasteiger partial charge in [0.25, 0.3) is 0 Å². The molecule has 1 unspecified atom stereocenters. The second kappa shape index (κ2) is 6.03. The molecule has 0 aromatic rings. The zero-order valence-corrected chi connectivity index (χ0v) is 11.2. The SMILES string of the molecule is C=C(C)/C=C(\N=C(/C)CC(C)CC)C1CC1. The molecule has 0 aromatic carbocycles. The fourth-order valence-electron chi connectivity index (χ4n) is 1.79. The molecule has 1 saturated carbocycles. The summed E-state index contributed by atoms with van der Waals surface area (Å²) in [7, 11) is 0. The van der Waals surface area contributed by atoms with Crippen LogP contribution in [0.15, 0.2) is 28.9 Å². The van der Waals surface area contributed by atoms with Gasteiger partial charge in [-0.1, -0.05) is 32.4 Å². The Labute approximate surface area is 100 Å². The maximum absolute atomic E-state index is 4.78. The Hall–Kier alpha value is -0.850. The van der Waals surface area contributed by atoms with Crippen LogP contribution in [0.2, 0.25) is 0 Å². The van der Waals surface area contributed by atoms with Crippen molar-refractivity contribution in [2.75, 3.05) is 0 Å². The number of rotatable bonds is 6. The van der Waals surface area contributed by atoms with E-state index >= 15 is 0 Å². The number of nitrogens with zero attached hydrogens (tertiary/aromatic N) is 1. The van der Waals surface area contributed by atoms with Crippen LogP contribution >= 0.6 is 0 Å². The maximum Gasteiger partial charge on any atom is 0.0436 e. The van der Waals surface area contributed by atoms with Crippen LogP contribution in [0.3, 0.4) is 0 Å². The zero-order chi connectivity index (χ0) is 12.1. The largest absolute Gasteiger partial charge is 0.262 e. The van der Waals surface area contributed by atoms with Crippen molar-refractivity contribution in [3.05, 3.63) is 23.9 Å². The first-order chi connectivity index (χ1) is 7.52. The third-order valence-corrected chi connectivity index (χ3v) is 3.05. The summed E-state index contributed by atoms with van der Waals surface area (Å²) in [6, 6.07) is 0. The van der Waals surface area contributed by atoms with Gasteiger partial charge in [-0.15, -0.1) is 0 Å². The molecule has 0 N–H and O–H groups in total. The fourth-order valence-corrected chi connectivity index (χ4v) is 1.79. The summed E-state index contributed by atoms with van der Waals surface area (Å²) in [5, 5.41) is 0. The van der Waals surface area contributed by atoms with Crippen molar-refractivity contribution in [3.8, 4) is 0 Å². The van der Waals surface area contributed by atoms with Crippen molar-refractivity contribution >= 4 is 5.71 Å². The predicted molar refractivity (Wildman–Crippen MR) is 72.8 cm³/mol. The van der Waals surface area contributed by atoms with Crippen molar-refractivity contribution in [2.45, 2.75) is 53.4 Å². The molecule has 1 rings (SSSR count). The van der Waals surface area contributed by atoms with Gasteiger partial charge >= 0.3 is 0 Å². The average molecular weight is 219 g/mol. The number of aliphatic imine (C=N–C) groups is 1. The van der Waals surface area contributed by atoms with Gasteiger partial charge in [0.15, 0.2) is 0 Å². The Morgan fingerprint density at radius 1 is 1.44 bits per heavy atom. The molecular weight excluding hydrogens is 194 g/mol. The molecule has 0 radical (unpaired) electrons. The summed E-state index contributed by atoms with van der Waals surface area (Å²) in [4.78, 5) is 4.78. The molecule has 1 fully saturated rings. The first-order valence-corrected chi connectivity index (χ1v) is 6.44. The molecule has 0 amide bonds. The average Bonchev–Trinajstić information content (AvgIpc) is 2.98. The lowest BCUT2D eigenvalue weighted by Gasteiger charge is -2.08. The van der Waals surface area contributed by atoms with E-state index in [1.807, 2.05) is 6.92 Å². The van der Waals surface area contributed by atoms with E-state index in [4.69, 9.17) is 4.99 Å². The smallest absolute Gasteiger partial charge is 0.0436 e. The lowest BCUT2D eigenvalue weighted by atomic mass is 10.0. The third-order valence-electron chi connectivity index (χ3n) is 3.05. The van der Waals surface area contributed by atoms with Crippen LogP contribution in [0.4, 0.5) is 0 Å². The summed E-state index contributed by atoms with van der Waals surface area (Å²) >= 11 is 0. The monoisotopic (exact) mass is 219 g/mol. The summed E-state index contributed by atoms with van der Waals surface area (Å²) < 4.78 is 0. The zero-order valence-electron chi connectivity index (χ0n) is 11.2. The molecule has 1 atom stereocenters. The lowest BCUT2D eigenvalue weighted by molar-refractivity contribution is 0.585. The number of hydrogen-bond acceptors (Lipinski definition) is 1. The molecule has 0 bridgehead atoms. The van der Waals surface area contributed by atoms with E-state index in [9.17, 15) is 0 Å². The van der Waals surface area contributed by atoms with E-state index in [1.165, 1.54) is 30.7 Å². The summed E-state index contributed by atoms with van der Waals surface area (Å²) in [6.07, 6.45) is 7.11. The summed E-state index contributed by atoms with van der Waals surface area (Å²) in [5.74, 6) is 1.46. The highest BCUT2D eigenvalue weighted by Crippen LogP contribution is 2.37. The van der Waals surface area contributed by atoms with Crippen LogP contribution in [0.1, 0.15) is 53.4 Å². The van der Waals surface area contributed by atoms with Crippen LogP contribution in [-0.4, -0.2) is 5.71 Å². The molecule has 1 nitrogen and oxygen atoms in total. The van der Waals surface area contributed by atoms with Crippen molar-refractivity contribution in [2.24, 2.45) is 16.8 Å². The molecule has 0 saturated heterocycles. The van der Waals surface area contributed by atoms with Crippen LogP contribution in [-0.2, 0) is 0 Å². The van der Waals surface area contributed by atoms with E-state index in [2.05, 4.69) is 33.4 Å². The van der Waals surface area contributed by atoms with Gasteiger partial charge in [0.2, 0.25) is 0 Å². The molecule has 0 spiro atoms. The molecule has 0 aliphatic heterocycles. The van der Waals surface area contributed by atoms with Crippen molar-refractivity contribution in [3.63, 3.8) is 0 Å². The normalized spacial score (nSPS) is 19.8. The van der Waals surface area contributed by atoms with Gasteiger partial charge in [-0.3, -0.25) is 4.99 Å². The highest BCUT2D eigenvalue weighted by molar-refractivity contribution is 5.83. The Kier molecular flexibility index (Phi) is 4.98. The Bertz CT molecular complexity index is 305. The minimum absolute atomic E-state index is 0.712. The standard InChI is InChI=1S/C15H25N/c1-6-12(4)10-13(5)16-15(9-11(2)3)14-7-8-14/h9,12,14H,2,6-8,10H2,1,3-5H3/b15-9-,16-13+. The Balaban J connectivity index is 2.65. The van der Waals surface area contributed by atoms with Gasteiger partial charge in [0, 0.05) is 17.3 Å². The minimum Gasteiger partial charge on any atom is -0.262 e. The molecule has 1 heteroatoms. The highest BCUT2D eigenvalue weighted by Gasteiger charge is 2.25. The quantitative estimate of drug-likeness (QED) is 0.451. The van der Waals surface area contributed by atoms with Crippen LogP contribution in [0.5, 0.6) is 0 Å². The highest BCUT2D eigenvalue weighted by atomic mass is 14.8. The van der Waals surface area contributed by atoms with Crippen LogP contribution in [0, 0.1) is 11.8 Å². The van der Waals surface area contributed by atoms with E-state index in [1.54, 1.807) is 0 Å². The van der Waals surface area contributed by atoms with Crippen LogP contribution in [0.25, 0.3) is 0 Å². The second-order valence-corrected chi connectivity index (χ2v) is 5.25. The number of allylic oxidation sites excluding steroid dienone is 3. The topological polar surface area (TPSA) is 12.4 Å². The van der Waals surface area contributed by atoms with E-state index < -0.39 is 0 Å². The molecular formula is C15H25N. The van der Waals surface area contributed by atoms with E-state index in [-0.39, 0.29) is 0 Å². The summed E-state index contributed by atoms with van der Waals surface area (Å²) in [6.45, 7) is 12.7. The minimum atomic E-state index is 0.712. The van der Waals surface area contributed by atoms with Gasteiger partial charge in [0.05, 0.1) is 0 Å². The van der Waals surface area contributed by atoms with Gasteiger partial charge < -0.3 is 0 Å². The predicted octanol–water partition coefficient (Wildman–Crippen LogP) is 4.75. The molecule has 0 aromatic heterocycles. The van der Waals surface area contributed by atoms with Crippen LogP contribution < -0.4 is 0 Å². The summed E-state index contributed by atoms with van der Waals surface area (Å²) in [5.41, 5.74) is 3.64. The molecule has 1 aliphatic carbocycles. The van der Waals surface area contributed by atoms with Gasteiger partial charge in [-0.2, -0.15) is 0 Å². The van der Waals surface area contributed by atoms with E-state index in [0.29, 0.717) is 5.92 Å². The van der Waals surface area contributed by atoms with Gasteiger partial charge in [-0.05, 0) is 45.1 Å². The Morgan fingerprint density at radius 2 is 2.06 bits per heavy atom. The Morgan fingerprint density at radius 3 is 2.50 bits per heavy atom. The number of hydrogen-bond donors (Lipinski definition) is 0. The first kappa shape index (κ1) is 13.2. The van der Waals surface area contributed by atoms with Gasteiger partial charge in [-0.25, -0.2) is 0 Å². The lowest BCUT2D eigenvalue weighted by Crippen LogP contribution is -2.01. The fraction of sp³-hybridized carbons (Fsp3) is 0.667. The molecule has 16 heavy (non-hydrogen) atoms. The molecule has 0 heterocycles. The molecule has 90 valence electrons. The first-order valence-electron chi connectivity index (χ1n) is 6.44.